The lowest BCUT2D eigenvalue weighted by molar-refractivity contribution is 0.0694. The number of hydrogen-bond acceptors (Lipinski definition) is 2. The topological polar surface area (TPSA) is 49.3 Å². The molecule has 0 aromatic heterocycles. The second-order valence-corrected chi connectivity index (χ2v) is 3.32. The van der Waals surface area contributed by atoms with Crippen molar-refractivity contribution in [2.75, 3.05) is 6.54 Å². The summed E-state index contributed by atoms with van der Waals surface area (Å²) in [4.78, 5) is 10.8. The number of halogens is 2. The van der Waals surface area contributed by atoms with Gasteiger partial charge in [-0.1, -0.05) is 0 Å². The van der Waals surface area contributed by atoms with Crippen molar-refractivity contribution >= 4 is 18.4 Å². The Morgan fingerprint density at radius 3 is 2.87 bits per heavy atom. The van der Waals surface area contributed by atoms with Gasteiger partial charge in [0.25, 0.3) is 0 Å². The Bertz CT molecular complexity index is 395. The number of fused-ring (bicyclic) bond motifs is 1. The molecule has 1 heterocycles. The van der Waals surface area contributed by atoms with Crippen molar-refractivity contribution in [3.05, 3.63) is 34.6 Å². The van der Waals surface area contributed by atoms with Gasteiger partial charge in [0.2, 0.25) is 0 Å². The number of hydrogen-bond donors (Lipinski definition) is 2. The first-order valence-corrected chi connectivity index (χ1v) is 4.44. The van der Waals surface area contributed by atoms with Crippen LogP contribution in [0.1, 0.15) is 21.5 Å². The van der Waals surface area contributed by atoms with Gasteiger partial charge >= 0.3 is 5.97 Å². The lowest BCUT2D eigenvalue weighted by atomic mass is 9.95. The van der Waals surface area contributed by atoms with E-state index < -0.39 is 11.8 Å². The molecule has 0 amide bonds. The van der Waals surface area contributed by atoms with Gasteiger partial charge in [0.1, 0.15) is 5.82 Å². The molecule has 1 aromatic rings. The molecule has 1 aliphatic heterocycles. The molecule has 2 rings (SSSR count). The molecule has 0 saturated heterocycles. The molecule has 5 heteroatoms. The van der Waals surface area contributed by atoms with E-state index in [4.69, 9.17) is 5.11 Å². The van der Waals surface area contributed by atoms with Crippen LogP contribution in [0.5, 0.6) is 0 Å². The first-order valence-electron chi connectivity index (χ1n) is 4.44. The van der Waals surface area contributed by atoms with Crippen LogP contribution in [0.15, 0.2) is 12.1 Å². The summed E-state index contributed by atoms with van der Waals surface area (Å²) in [6, 6.07) is 2.49. The lowest BCUT2D eigenvalue weighted by Crippen LogP contribution is -2.25. The van der Waals surface area contributed by atoms with Crippen molar-refractivity contribution in [1.29, 1.82) is 0 Å². The molecule has 0 radical (unpaired) electrons. The van der Waals surface area contributed by atoms with Gasteiger partial charge in [0, 0.05) is 6.54 Å². The third kappa shape index (κ3) is 2.27. The standard InChI is InChI=1S/C10H10FNO2.ClH/c11-7-3-6-5-12-2-1-8(6)9(4-7)10(13)14;/h3-4,12H,1-2,5H2,(H,13,14);1H. The summed E-state index contributed by atoms with van der Waals surface area (Å²) in [5.74, 6) is -1.53. The minimum Gasteiger partial charge on any atom is -0.478 e. The molecule has 0 aliphatic carbocycles. The average Bonchev–Trinajstić information content (AvgIpc) is 2.16. The van der Waals surface area contributed by atoms with Gasteiger partial charge in [0.05, 0.1) is 5.56 Å². The Morgan fingerprint density at radius 2 is 2.20 bits per heavy atom. The van der Waals surface area contributed by atoms with Gasteiger partial charge in [-0.2, -0.15) is 0 Å². The zero-order valence-corrected chi connectivity index (χ0v) is 8.73. The van der Waals surface area contributed by atoms with Gasteiger partial charge in [-0.05, 0) is 36.2 Å². The molecule has 2 N–H and O–H groups in total. The van der Waals surface area contributed by atoms with E-state index in [9.17, 15) is 9.18 Å². The van der Waals surface area contributed by atoms with Crippen molar-refractivity contribution < 1.29 is 14.3 Å². The van der Waals surface area contributed by atoms with Crippen LogP contribution in [0, 0.1) is 5.82 Å². The van der Waals surface area contributed by atoms with E-state index in [1.165, 1.54) is 6.07 Å². The van der Waals surface area contributed by atoms with Crippen molar-refractivity contribution in [3.63, 3.8) is 0 Å². The summed E-state index contributed by atoms with van der Waals surface area (Å²) in [7, 11) is 0. The fourth-order valence-electron chi connectivity index (χ4n) is 1.77. The van der Waals surface area contributed by atoms with Crippen LogP contribution in [0.4, 0.5) is 4.39 Å². The van der Waals surface area contributed by atoms with Gasteiger partial charge in [-0.25, -0.2) is 9.18 Å². The van der Waals surface area contributed by atoms with Crippen molar-refractivity contribution in [3.8, 4) is 0 Å². The summed E-state index contributed by atoms with van der Waals surface area (Å²) < 4.78 is 13.0. The number of carboxylic acids is 1. The highest BCUT2D eigenvalue weighted by atomic mass is 35.5. The van der Waals surface area contributed by atoms with Crippen LogP contribution in [-0.4, -0.2) is 17.6 Å². The highest BCUT2D eigenvalue weighted by Gasteiger charge is 2.18. The van der Waals surface area contributed by atoms with Crippen LogP contribution >= 0.6 is 12.4 Å². The van der Waals surface area contributed by atoms with Crippen LogP contribution in [0.25, 0.3) is 0 Å². The van der Waals surface area contributed by atoms with E-state index in [-0.39, 0.29) is 18.0 Å². The molecule has 0 atom stereocenters. The average molecular weight is 232 g/mol. The summed E-state index contributed by atoms with van der Waals surface area (Å²) in [6.45, 7) is 1.30. The molecule has 3 nitrogen and oxygen atoms in total. The first-order chi connectivity index (χ1) is 6.68. The van der Waals surface area contributed by atoms with E-state index >= 15 is 0 Å². The van der Waals surface area contributed by atoms with Crippen LogP contribution in [0.3, 0.4) is 0 Å². The highest BCUT2D eigenvalue weighted by molar-refractivity contribution is 5.90. The fourth-order valence-corrected chi connectivity index (χ4v) is 1.77. The van der Waals surface area contributed by atoms with Crippen LogP contribution in [-0.2, 0) is 13.0 Å². The Kier molecular flexibility index (Phi) is 3.66. The predicted octanol–water partition coefficient (Wildman–Crippen LogP) is 1.59. The largest absolute Gasteiger partial charge is 0.478 e. The molecule has 0 spiro atoms. The SMILES string of the molecule is Cl.O=C(O)c1cc(F)cc2c1CCNC2. The quantitative estimate of drug-likeness (QED) is 0.772. The van der Waals surface area contributed by atoms with Crippen LogP contribution in [0.2, 0.25) is 0 Å². The third-order valence-corrected chi connectivity index (χ3v) is 2.40. The summed E-state index contributed by atoms with van der Waals surface area (Å²) in [5.41, 5.74) is 1.62. The summed E-state index contributed by atoms with van der Waals surface area (Å²) >= 11 is 0. The van der Waals surface area contributed by atoms with E-state index in [1.807, 2.05) is 0 Å². The highest BCUT2D eigenvalue weighted by Crippen LogP contribution is 2.20. The zero-order valence-electron chi connectivity index (χ0n) is 7.92. The molecular weight excluding hydrogens is 221 g/mol. The van der Waals surface area contributed by atoms with Crippen LogP contribution < -0.4 is 5.32 Å². The number of nitrogens with one attached hydrogen (secondary N) is 1. The van der Waals surface area contributed by atoms with Gasteiger partial charge in [-0.3, -0.25) is 0 Å². The summed E-state index contributed by atoms with van der Waals surface area (Å²) in [6.07, 6.45) is 0.650. The molecule has 1 aliphatic rings. The maximum absolute atomic E-state index is 13.0. The normalized spacial score (nSPS) is 13.9. The second kappa shape index (κ2) is 4.59. The minimum absolute atomic E-state index is 0. The maximum Gasteiger partial charge on any atom is 0.336 e. The molecular formula is C10H11ClFNO2. The van der Waals surface area contributed by atoms with Crippen molar-refractivity contribution in [2.45, 2.75) is 13.0 Å². The van der Waals surface area contributed by atoms with E-state index in [1.54, 1.807) is 0 Å². The minimum atomic E-state index is -1.05. The van der Waals surface area contributed by atoms with Gasteiger partial charge in [0.15, 0.2) is 0 Å². The Labute approximate surface area is 92.7 Å². The maximum atomic E-state index is 13.0. The number of aromatic carboxylic acids is 1. The molecule has 82 valence electrons. The zero-order chi connectivity index (χ0) is 10.1. The molecule has 0 unspecified atom stereocenters. The number of rotatable bonds is 1. The molecule has 0 bridgehead atoms. The predicted molar refractivity (Wildman–Crippen MR) is 56.0 cm³/mol. The first kappa shape index (κ1) is 11.9. The van der Waals surface area contributed by atoms with E-state index in [2.05, 4.69) is 5.32 Å². The van der Waals surface area contributed by atoms with Crippen molar-refractivity contribution in [2.24, 2.45) is 0 Å². The van der Waals surface area contributed by atoms with E-state index in [0.29, 0.717) is 13.0 Å². The molecule has 0 saturated carbocycles. The smallest absolute Gasteiger partial charge is 0.336 e. The Balaban J connectivity index is 0.00000112. The number of carboxylic acid groups (broad SMARTS) is 1. The monoisotopic (exact) mass is 231 g/mol. The van der Waals surface area contributed by atoms with E-state index in [0.717, 1.165) is 23.7 Å². The molecule has 0 fully saturated rings. The second-order valence-electron chi connectivity index (χ2n) is 3.32. The number of carbonyl (C=O) groups is 1. The molecule has 1 aromatic carbocycles. The lowest BCUT2D eigenvalue weighted by Gasteiger charge is -2.18. The Morgan fingerprint density at radius 1 is 1.47 bits per heavy atom. The summed E-state index contributed by atoms with van der Waals surface area (Å²) in [5, 5.41) is 12.0. The molecule has 15 heavy (non-hydrogen) atoms. The Hall–Kier alpha value is -1.13. The number of benzene rings is 1. The fraction of sp³-hybridized carbons (Fsp3) is 0.300. The van der Waals surface area contributed by atoms with Gasteiger partial charge in [-0.15, -0.1) is 12.4 Å². The third-order valence-electron chi connectivity index (χ3n) is 2.40. The van der Waals surface area contributed by atoms with Gasteiger partial charge < -0.3 is 10.4 Å². The van der Waals surface area contributed by atoms with Crippen molar-refractivity contribution in [1.82, 2.24) is 5.32 Å².